The number of methoxy groups -OCH3 is 3. The van der Waals surface area contributed by atoms with Gasteiger partial charge in [0.05, 0.1) is 26.9 Å². The highest BCUT2D eigenvalue weighted by Crippen LogP contribution is 2.43. The van der Waals surface area contributed by atoms with E-state index in [1.165, 1.54) is 0 Å². The summed E-state index contributed by atoms with van der Waals surface area (Å²) < 4.78 is 16.3. The molecule has 0 radical (unpaired) electrons. The van der Waals surface area contributed by atoms with Gasteiger partial charge in [0.15, 0.2) is 0 Å². The second kappa shape index (κ2) is 6.50. The van der Waals surface area contributed by atoms with Crippen LogP contribution < -0.4 is 19.9 Å². The molecular weight excluding hydrogens is 266 g/mol. The third-order valence-corrected chi connectivity index (χ3v) is 3.52. The summed E-state index contributed by atoms with van der Waals surface area (Å²) in [6.07, 6.45) is 0. The minimum absolute atomic E-state index is 0.494. The van der Waals surface area contributed by atoms with Crippen molar-refractivity contribution in [2.24, 2.45) is 5.73 Å². The highest BCUT2D eigenvalue weighted by Gasteiger charge is 2.17. The number of benzene rings is 2. The lowest BCUT2D eigenvalue weighted by atomic mass is 9.96. The van der Waals surface area contributed by atoms with Crippen LogP contribution in [0.4, 0.5) is 0 Å². The zero-order chi connectivity index (χ0) is 15.4. The normalized spacial score (nSPS) is 10.3. The van der Waals surface area contributed by atoms with Crippen LogP contribution in [0.1, 0.15) is 11.1 Å². The Balaban J connectivity index is 2.72. The van der Waals surface area contributed by atoms with Crippen LogP contribution in [-0.2, 0) is 6.54 Å². The van der Waals surface area contributed by atoms with Crippen molar-refractivity contribution in [3.63, 3.8) is 0 Å². The first-order chi connectivity index (χ1) is 10.1. The second-order valence-corrected chi connectivity index (χ2v) is 4.76. The van der Waals surface area contributed by atoms with Crippen LogP contribution >= 0.6 is 0 Å². The number of nitrogens with two attached hydrogens (primary N) is 1. The third-order valence-electron chi connectivity index (χ3n) is 3.52. The molecule has 0 bridgehead atoms. The molecule has 0 unspecified atom stereocenters. The molecule has 0 aliphatic heterocycles. The third kappa shape index (κ3) is 2.95. The predicted octanol–water partition coefficient (Wildman–Crippen LogP) is 3.15. The summed E-state index contributed by atoms with van der Waals surface area (Å²) in [5.74, 6) is 2.12. The van der Waals surface area contributed by atoms with Gasteiger partial charge in [0.1, 0.15) is 17.2 Å². The quantitative estimate of drug-likeness (QED) is 0.918. The fourth-order valence-corrected chi connectivity index (χ4v) is 2.34. The molecule has 4 nitrogen and oxygen atoms in total. The molecule has 0 saturated carbocycles. The highest BCUT2D eigenvalue weighted by molar-refractivity contribution is 5.80. The second-order valence-electron chi connectivity index (χ2n) is 4.76. The van der Waals surface area contributed by atoms with Crippen LogP contribution in [0.2, 0.25) is 0 Å². The maximum absolute atomic E-state index is 5.75. The fraction of sp³-hybridized carbons (Fsp3) is 0.294. The summed E-state index contributed by atoms with van der Waals surface area (Å²) in [6, 6.07) is 9.86. The molecule has 0 heterocycles. The molecule has 21 heavy (non-hydrogen) atoms. The monoisotopic (exact) mass is 287 g/mol. The predicted molar refractivity (Wildman–Crippen MR) is 84.2 cm³/mol. The Morgan fingerprint density at radius 3 is 2.00 bits per heavy atom. The summed E-state index contributed by atoms with van der Waals surface area (Å²) in [6.45, 7) is 2.55. The Morgan fingerprint density at radius 2 is 1.52 bits per heavy atom. The van der Waals surface area contributed by atoms with E-state index in [-0.39, 0.29) is 0 Å². The number of ether oxygens (including phenoxy) is 3. The van der Waals surface area contributed by atoms with E-state index in [9.17, 15) is 0 Å². The Bertz CT molecular complexity index is 613. The van der Waals surface area contributed by atoms with Gasteiger partial charge in [0, 0.05) is 18.7 Å². The van der Waals surface area contributed by atoms with E-state index in [0.29, 0.717) is 23.8 Å². The summed E-state index contributed by atoms with van der Waals surface area (Å²) in [7, 11) is 4.90. The molecule has 112 valence electrons. The van der Waals surface area contributed by atoms with Gasteiger partial charge in [-0.05, 0) is 29.7 Å². The largest absolute Gasteiger partial charge is 0.496 e. The lowest BCUT2D eigenvalue weighted by molar-refractivity contribution is 0.377. The molecule has 0 atom stereocenters. The molecule has 2 rings (SSSR count). The van der Waals surface area contributed by atoms with E-state index < -0.39 is 0 Å². The van der Waals surface area contributed by atoms with Crippen LogP contribution in [0.5, 0.6) is 17.2 Å². The minimum Gasteiger partial charge on any atom is -0.496 e. The Labute approximate surface area is 125 Å². The van der Waals surface area contributed by atoms with Crippen molar-refractivity contribution < 1.29 is 14.2 Å². The molecule has 4 heteroatoms. The number of hydrogen-bond acceptors (Lipinski definition) is 4. The van der Waals surface area contributed by atoms with Crippen molar-refractivity contribution >= 4 is 0 Å². The fourth-order valence-electron chi connectivity index (χ4n) is 2.34. The first-order valence-corrected chi connectivity index (χ1v) is 6.74. The number of rotatable bonds is 5. The van der Waals surface area contributed by atoms with E-state index in [0.717, 1.165) is 22.3 Å². The molecule has 0 fully saturated rings. The van der Waals surface area contributed by atoms with Gasteiger partial charge in [-0.1, -0.05) is 12.1 Å². The van der Waals surface area contributed by atoms with E-state index in [1.54, 1.807) is 21.3 Å². The average Bonchev–Trinajstić information content (AvgIpc) is 2.54. The minimum atomic E-state index is 0.494. The summed E-state index contributed by atoms with van der Waals surface area (Å²) in [5, 5.41) is 0. The number of hydrogen-bond donors (Lipinski definition) is 1. The van der Waals surface area contributed by atoms with Crippen LogP contribution in [0.3, 0.4) is 0 Å². The van der Waals surface area contributed by atoms with Crippen molar-refractivity contribution in [1.29, 1.82) is 0 Å². The van der Waals surface area contributed by atoms with Crippen LogP contribution in [-0.4, -0.2) is 21.3 Å². The zero-order valence-electron chi connectivity index (χ0n) is 12.9. The molecular formula is C17H21NO3. The van der Waals surface area contributed by atoms with E-state index in [2.05, 4.69) is 19.1 Å². The molecule has 0 amide bonds. The van der Waals surface area contributed by atoms with Gasteiger partial charge in [-0.25, -0.2) is 0 Å². The number of aryl methyl sites for hydroxylation is 1. The van der Waals surface area contributed by atoms with Crippen molar-refractivity contribution in [2.45, 2.75) is 13.5 Å². The van der Waals surface area contributed by atoms with Gasteiger partial charge < -0.3 is 19.9 Å². The summed E-state index contributed by atoms with van der Waals surface area (Å²) in [5.41, 5.74) is 9.91. The Morgan fingerprint density at radius 1 is 0.905 bits per heavy atom. The van der Waals surface area contributed by atoms with E-state index in [1.807, 2.05) is 18.2 Å². The molecule has 2 aromatic carbocycles. The van der Waals surface area contributed by atoms with Crippen molar-refractivity contribution in [1.82, 2.24) is 0 Å². The van der Waals surface area contributed by atoms with Gasteiger partial charge in [-0.2, -0.15) is 0 Å². The van der Waals surface area contributed by atoms with E-state index >= 15 is 0 Å². The summed E-state index contributed by atoms with van der Waals surface area (Å²) >= 11 is 0. The van der Waals surface area contributed by atoms with Crippen molar-refractivity contribution in [2.75, 3.05) is 21.3 Å². The molecule has 0 aliphatic rings. The van der Waals surface area contributed by atoms with Crippen molar-refractivity contribution in [3.05, 3.63) is 41.5 Å². The average molecular weight is 287 g/mol. The molecule has 0 saturated heterocycles. The van der Waals surface area contributed by atoms with Gasteiger partial charge in [-0.15, -0.1) is 0 Å². The molecule has 0 spiro atoms. The van der Waals surface area contributed by atoms with Crippen molar-refractivity contribution in [3.8, 4) is 28.4 Å². The van der Waals surface area contributed by atoms with Gasteiger partial charge in [-0.3, -0.25) is 0 Å². The van der Waals surface area contributed by atoms with Crippen LogP contribution in [0, 0.1) is 6.92 Å². The molecule has 0 aliphatic carbocycles. The highest BCUT2D eigenvalue weighted by atomic mass is 16.5. The maximum atomic E-state index is 5.75. The zero-order valence-corrected chi connectivity index (χ0v) is 12.9. The molecule has 2 N–H and O–H groups in total. The standard InChI is InChI=1S/C17H21NO3/c1-11-5-6-12(10-18)7-14(11)17-15(20-3)8-13(19-2)9-16(17)21-4/h5-9H,10,18H2,1-4H3. The maximum Gasteiger partial charge on any atom is 0.134 e. The lowest BCUT2D eigenvalue weighted by Gasteiger charge is -2.17. The van der Waals surface area contributed by atoms with E-state index in [4.69, 9.17) is 19.9 Å². The lowest BCUT2D eigenvalue weighted by Crippen LogP contribution is -2.00. The molecule has 0 aromatic heterocycles. The van der Waals surface area contributed by atoms with Gasteiger partial charge >= 0.3 is 0 Å². The first kappa shape index (κ1) is 15.2. The SMILES string of the molecule is COc1cc(OC)c(-c2cc(CN)ccc2C)c(OC)c1. The Kier molecular flexibility index (Phi) is 4.70. The van der Waals surface area contributed by atoms with Crippen LogP contribution in [0.15, 0.2) is 30.3 Å². The van der Waals surface area contributed by atoms with Gasteiger partial charge in [0.2, 0.25) is 0 Å². The topological polar surface area (TPSA) is 53.7 Å². The summed E-state index contributed by atoms with van der Waals surface area (Å²) in [4.78, 5) is 0. The molecule has 2 aromatic rings. The van der Waals surface area contributed by atoms with Crippen LogP contribution in [0.25, 0.3) is 11.1 Å². The first-order valence-electron chi connectivity index (χ1n) is 6.74. The smallest absolute Gasteiger partial charge is 0.134 e. The Hall–Kier alpha value is -2.20. The van der Waals surface area contributed by atoms with Gasteiger partial charge in [0.25, 0.3) is 0 Å².